The Kier molecular flexibility index (Phi) is 10.9. The summed E-state index contributed by atoms with van der Waals surface area (Å²) in [5, 5.41) is 12.9. The second-order valence-electron chi connectivity index (χ2n) is 14.0. The van der Waals surface area contributed by atoms with Gasteiger partial charge in [-0.05, 0) is 81.6 Å². The van der Waals surface area contributed by atoms with Crippen molar-refractivity contribution in [2.75, 3.05) is 11.9 Å². The zero-order chi connectivity index (χ0) is 34.3. The predicted octanol–water partition coefficient (Wildman–Crippen LogP) is 9.64. The van der Waals surface area contributed by atoms with Gasteiger partial charge in [0.2, 0.25) is 0 Å². The quantitative estimate of drug-likeness (QED) is 0.139. The van der Waals surface area contributed by atoms with Crippen molar-refractivity contribution in [3.05, 3.63) is 125 Å². The van der Waals surface area contributed by atoms with Crippen LogP contribution in [0.1, 0.15) is 87.1 Å². The first-order valence-electron chi connectivity index (χ1n) is 17.1. The van der Waals surface area contributed by atoms with Crippen LogP contribution in [0.15, 0.2) is 91.4 Å². The number of pyridine rings is 1. The van der Waals surface area contributed by atoms with Gasteiger partial charge in [-0.2, -0.15) is 0 Å². The number of aromatic hydroxyl groups is 1. The molecule has 1 radical (unpaired) electrons. The second kappa shape index (κ2) is 14.7. The van der Waals surface area contributed by atoms with Gasteiger partial charge in [0.25, 0.3) is 0 Å². The average Bonchev–Trinajstić information content (AvgIpc) is 3.53. The predicted molar refractivity (Wildman–Crippen MR) is 203 cm³/mol. The number of fused-ring (bicyclic) bond motifs is 4. The summed E-state index contributed by atoms with van der Waals surface area (Å²) in [6.07, 6.45) is 5.74. The van der Waals surface area contributed by atoms with Crippen molar-refractivity contribution in [1.82, 2.24) is 14.4 Å². The van der Waals surface area contributed by atoms with Crippen molar-refractivity contribution >= 4 is 28.9 Å². The summed E-state index contributed by atoms with van der Waals surface area (Å²) < 4.78 is 2.19. The number of hydrogen-bond acceptors (Lipinski definition) is 4. The van der Waals surface area contributed by atoms with Gasteiger partial charge in [-0.25, -0.2) is 4.98 Å². The molecule has 0 saturated heterocycles. The molecule has 49 heavy (non-hydrogen) atoms. The molecule has 0 saturated carbocycles. The first kappa shape index (κ1) is 36.1. The van der Waals surface area contributed by atoms with E-state index < -0.39 is 0 Å². The zero-order valence-electron chi connectivity index (χ0n) is 30.0. The third-order valence-electron chi connectivity index (χ3n) is 9.46. The fourth-order valence-electron chi connectivity index (χ4n) is 7.11. The van der Waals surface area contributed by atoms with Gasteiger partial charge in [0, 0.05) is 44.4 Å². The molecule has 0 amide bonds. The molecule has 1 N–H and O–H groups in total. The standard InChI is InChI=1S/C22H26BN3O.C20H20N.Ir/c1-14(2)16-8-6-9-17(15(3)4)21(16)23-25(5)18-10-7-11-19(27)20(18)22-24-12-13-26(22)23;1-13(2)16-5-6-19-17(12-16)7-8-21-20(19)18-10-14(3)9-15(4)11-18;/h6-15,27H,1-5H3;5-10,12-13H,1-4H3;/q;-1;. The van der Waals surface area contributed by atoms with Crippen molar-refractivity contribution in [3.63, 3.8) is 0 Å². The molecule has 1 aliphatic rings. The van der Waals surface area contributed by atoms with E-state index in [2.05, 4.69) is 148 Å². The van der Waals surface area contributed by atoms with Crippen LogP contribution in [0.25, 0.3) is 33.4 Å². The number of phenolic OH excluding ortho intramolecular Hbond substituents is 1. The average molecular weight is 826 g/mol. The van der Waals surface area contributed by atoms with E-state index in [1.807, 2.05) is 24.7 Å². The molecule has 0 aliphatic carbocycles. The second-order valence-corrected chi connectivity index (χ2v) is 14.0. The summed E-state index contributed by atoms with van der Waals surface area (Å²) in [5.41, 5.74) is 11.7. The van der Waals surface area contributed by atoms with E-state index in [1.54, 1.807) is 6.07 Å². The molecule has 4 aromatic carbocycles. The summed E-state index contributed by atoms with van der Waals surface area (Å²) in [6.45, 7) is 17.7. The SMILES string of the molecule is CC(C)c1cccc(C(C)C)c1B1N(C)c2cccc(O)c2-c2nccn21.Cc1[c-]c(-c2nccc3cc(C(C)C)ccc23)cc(C)c1.[Ir]. The number of anilines is 1. The van der Waals surface area contributed by atoms with Gasteiger partial charge >= 0.3 is 6.98 Å². The Morgan fingerprint density at radius 1 is 0.776 bits per heavy atom. The monoisotopic (exact) mass is 826 g/mol. The Hall–Kier alpha value is -4.19. The molecule has 1 aliphatic heterocycles. The number of rotatable bonds is 5. The van der Waals surface area contributed by atoms with Crippen LogP contribution >= 0.6 is 0 Å². The third-order valence-corrected chi connectivity index (χ3v) is 9.46. The van der Waals surface area contributed by atoms with Gasteiger partial charge in [-0.15, -0.1) is 34.9 Å². The van der Waals surface area contributed by atoms with E-state index in [-0.39, 0.29) is 32.8 Å². The number of imidazole rings is 1. The van der Waals surface area contributed by atoms with Crippen LogP contribution in [0.5, 0.6) is 5.75 Å². The van der Waals surface area contributed by atoms with Crippen LogP contribution in [0.3, 0.4) is 0 Å². The molecule has 6 aromatic rings. The minimum Gasteiger partial charge on any atom is -0.507 e. The first-order valence-corrected chi connectivity index (χ1v) is 17.1. The van der Waals surface area contributed by atoms with Crippen molar-refractivity contribution in [1.29, 1.82) is 0 Å². The van der Waals surface area contributed by atoms with Crippen LogP contribution in [0.4, 0.5) is 5.69 Å². The van der Waals surface area contributed by atoms with Crippen LogP contribution in [-0.2, 0) is 20.1 Å². The summed E-state index contributed by atoms with van der Waals surface area (Å²) in [5.74, 6) is 2.47. The molecule has 0 unspecified atom stereocenters. The Morgan fingerprint density at radius 2 is 1.47 bits per heavy atom. The van der Waals surface area contributed by atoms with Crippen molar-refractivity contribution in [2.24, 2.45) is 0 Å². The molecule has 0 atom stereocenters. The Bertz CT molecular complexity index is 2050. The van der Waals surface area contributed by atoms with E-state index in [9.17, 15) is 5.11 Å². The maximum atomic E-state index is 10.5. The number of phenols is 1. The van der Waals surface area contributed by atoms with Crippen LogP contribution in [0, 0.1) is 19.9 Å². The van der Waals surface area contributed by atoms with Crippen molar-refractivity contribution < 1.29 is 25.2 Å². The number of aromatic nitrogens is 3. The largest absolute Gasteiger partial charge is 0.507 e. The summed E-state index contributed by atoms with van der Waals surface area (Å²) in [4.78, 5) is 11.5. The fraction of sp³-hybridized carbons (Fsp3) is 0.286. The molecule has 7 heteroatoms. The zero-order valence-corrected chi connectivity index (χ0v) is 32.4. The minimum absolute atomic E-state index is 0. The van der Waals surface area contributed by atoms with Gasteiger partial charge in [0.1, 0.15) is 11.6 Å². The molecule has 3 heterocycles. The number of hydrogen-bond donors (Lipinski definition) is 1. The van der Waals surface area contributed by atoms with Gasteiger partial charge < -0.3 is 19.4 Å². The smallest absolute Gasteiger partial charge is 0.417 e. The molecule has 5 nitrogen and oxygen atoms in total. The van der Waals surface area contributed by atoms with E-state index in [0.29, 0.717) is 17.8 Å². The summed E-state index contributed by atoms with van der Waals surface area (Å²) >= 11 is 0. The van der Waals surface area contributed by atoms with Gasteiger partial charge in [-0.1, -0.05) is 97.9 Å². The van der Waals surface area contributed by atoms with E-state index in [0.717, 1.165) is 33.9 Å². The molecule has 7 rings (SSSR count). The summed E-state index contributed by atoms with van der Waals surface area (Å²) in [6, 6.07) is 28.9. The van der Waals surface area contributed by atoms with E-state index >= 15 is 0 Å². The van der Waals surface area contributed by atoms with Crippen molar-refractivity contribution in [3.8, 4) is 28.4 Å². The number of aryl methyl sites for hydroxylation is 2. The molecular formula is C42H46BIrN4O-. The number of nitrogens with zero attached hydrogens (tertiary/aromatic N) is 4. The van der Waals surface area contributed by atoms with Crippen LogP contribution in [0.2, 0.25) is 0 Å². The molecule has 0 fully saturated rings. The van der Waals surface area contributed by atoms with E-state index in [4.69, 9.17) is 0 Å². The third kappa shape index (κ3) is 6.97. The molecule has 0 bridgehead atoms. The maximum absolute atomic E-state index is 10.5. The van der Waals surface area contributed by atoms with E-state index in [1.165, 1.54) is 38.5 Å². The number of benzene rings is 4. The van der Waals surface area contributed by atoms with Gasteiger partial charge in [0.05, 0.1) is 5.56 Å². The van der Waals surface area contributed by atoms with Crippen LogP contribution < -0.4 is 10.3 Å². The Morgan fingerprint density at radius 3 is 2.12 bits per heavy atom. The maximum Gasteiger partial charge on any atom is 0.417 e. The molecular weight excluding hydrogens is 780 g/mol. The normalized spacial score (nSPS) is 12.2. The van der Waals surface area contributed by atoms with Crippen LogP contribution in [-0.4, -0.2) is 33.6 Å². The minimum atomic E-state index is 0. The molecule has 2 aromatic heterocycles. The summed E-state index contributed by atoms with van der Waals surface area (Å²) in [7, 11) is 2.10. The van der Waals surface area contributed by atoms with Gasteiger partial charge in [0.15, 0.2) is 0 Å². The fourth-order valence-corrected chi connectivity index (χ4v) is 7.11. The molecule has 0 spiro atoms. The van der Waals surface area contributed by atoms with Gasteiger partial charge in [-0.3, -0.25) is 0 Å². The Balaban J connectivity index is 0.000000193. The molecule has 253 valence electrons. The van der Waals surface area contributed by atoms with Crippen molar-refractivity contribution in [2.45, 2.75) is 73.1 Å². The topological polar surface area (TPSA) is 54.2 Å². The first-order chi connectivity index (χ1) is 23.0. The Labute approximate surface area is 305 Å².